The van der Waals surface area contributed by atoms with E-state index in [1.165, 1.54) is 36.3 Å². The van der Waals surface area contributed by atoms with Crippen LogP contribution in [0.2, 0.25) is 0 Å². The predicted octanol–water partition coefficient (Wildman–Crippen LogP) is 0.838. The Morgan fingerprint density at radius 2 is 1.95 bits per heavy atom. The smallest absolute Gasteiger partial charge is 0.310 e. The molecule has 1 rings (SSSR count). The van der Waals surface area contributed by atoms with Crippen molar-refractivity contribution >= 4 is 17.6 Å². The number of hydrogen-bond donors (Lipinski definition) is 1. The monoisotopic (exact) mass is 310 g/mol. The van der Waals surface area contributed by atoms with E-state index < -0.39 is 22.7 Å². The second-order valence-corrected chi connectivity index (χ2v) is 4.70. The third-order valence-corrected chi connectivity index (χ3v) is 3.08. The van der Waals surface area contributed by atoms with E-state index >= 15 is 0 Å². The first kappa shape index (κ1) is 17.6. The minimum atomic E-state index is -0.556. The van der Waals surface area contributed by atoms with Crippen molar-refractivity contribution in [3.8, 4) is 0 Å². The molecule has 0 aromatic heterocycles. The van der Waals surface area contributed by atoms with Crippen LogP contribution in [-0.4, -0.2) is 53.6 Å². The summed E-state index contributed by atoms with van der Waals surface area (Å²) in [7, 11) is 1.26. The lowest BCUT2D eigenvalue weighted by Gasteiger charge is -2.24. The Balaban J connectivity index is 2.88. The van der Waals surface area contributed by atoms with E-state index in [2.05, 4.69) is 4.74 Å². The van der Waals surface area contributed by atoms with Gasteiger partial charge in [0.15, 0.2) is 0 Å². The Morgan fingerprint density at radius 1 is 1.36 bits per heavy atom. The third kappa shape index (κ3) is 4.52. The first-order valence-corrected chi connectivity index (χ1v) is 6.63. The first-order chi connectivity index (χ1) is 10.4. The number of aliphatic hydroxyl groups excluding tert-OH is 1. The number of carbonyl (C=O) groups excluding carboxylic acids is 2. The zero-order valence-electron chi connectivity index (χ0n) is 12.4. The second-order valence-electron chi connectivity index (χ2n) is 4.70. The molecule has 0 saturated carbocycles. The van der Waals surface area contributed by atoms with Crippen molar-refractivity contribution in [3.63, 3.8) is 0 Å². The number of ether oxygens (including phenoxy) is 1. The van der Waals surface area contributed by atoms with Crippen LogP contribution in [-0.2, 0) is 9.53 Å². The Morgan fingerprint density at radius 3 is 2.41 bits per heavy atom. The maximum absolute atomic E-state index is 12.4. The molecule has 0 aliphatic heterocycles. The Bertz CT molecular complexity index is 543. The van der Waals surface area contributed by atoms with Crippen LogP contribution in [0.25, 0.3) is 0 Å². The zero-order chi connectivity index (χ0) is 16.7. The molecule has 1 N–H and O–H groups in total. The third-order valence-electron chi connectivity index (χ3n) is 3.08. The van der Waals surface area contributed by atoms with Crippen LogP contribution >= 0.6 is 0 Å². The summed E-state index contributed by atoms with van der Waals surface area (Å²) in [5, 5.41) is 19.7. The number of aliphatic hydroxyl groups is 1. The average Bonchev–Trinajstić information content (AvgIpc) is 2.52. The summed E-state index contributed by atoms with van der Waals surface area (Å²) in [5.41, 5.74) is 0.129. The Kier molecular flexibility index (Phi) is 6.46. The highest BCUT2D eigenvalue weighted by Crippen LogP contribution is 2.14. The van der Waals surface area contributed by atoms with Gasteiger partial charge in [0.25, 0.3) is 11.6 Å². The predicted molar refractivity (Wildman–Crippen MR) is 77.3 cm³/mol. The minimum absolute atomic E-state index is 0.0527. The van der Waals surface area contributed by atoms with Crippen molar-refractivity contribution in [3.05, 3.63) is 39.9 Å². The van der Waals surface area contributed by atoms with Crippen molar-refractivity contribution in [1.82, 2.24) is 4.90 Å². The normalized spacial score (nSPS) is 11.6. The van der Waals surface area contributed by atoms with Gasteiger partial charge in [0.1, 0.15) is 0 Å². The van der Waals surface area contributed by atoms with Gasteiger partial charge in [-0.1, -0.05) is 6.92 Å². The van der Waals surface area contributed by atoms with Gasteiger partial charge < -0.3 is 14.7 Å². The van der Waals surface area contributed by atoms with Gasteiger partial charge in [-0.15, -0.1) is 0 Å². The van der Waals surface area contributed by atoms with Crippen LogP contribution < -0.4 is 0 Å². The molecule has 0 spiro atoms. The van der Waals surface area contributed by atoms with E-state index in [1.54, 1.807) is 6.92 Å². The number of nitrogens with zero attached hydrogens (tertiary/aromatic N) is 2. The van der Waals surface area contributed by atoms with Crippen molar-refractivity contribution in [2.24, 2.45) is 5.92 Å². The number of nitro groups is 1. The summed E-state index contributed by atoms with van der Waals surface area (Å²) in [6.45, 7) is 1.49. The van der Waals surface area contributed by atoms with Crippen LogP contribution in [0, 0.1) is 16.0 Å². The molecular formula is C14H18N2O6. The summed E-state index contributed by atoms with van der Waals surface area (Å²) >= 11 is 0. The van der Waals surface area contributed by atoms with Crippen LogP contribution in [0.15, 0.2) is 24.3 Å². The molecule has 0 fully saturated rings. The van der Waals surface area contributed by atoms with Crippen LogP contribution in [0.4, 0.5) is 5.69 Å². The van der Waals surface area contributed by atoms with E-state index in [1.807, 2.05) is 0 Å². The molecule has 1 atom stereocenters. The summed E-state index contributed by atoms with van der Waals surface area (Å²) in [6, 6.07) is 5.14. The fraction of sp³-hybridized carbons (Fsp3) is 0.429. The molecule has 8 nitrogen and oxygen atoms in total. The summed E-state index contributed by atoms with van der Waals surface area (Å²) in [5.74, 6) is -1.42. The number of benzene rings is 1. The number of nitro benzene ring substituents is 1. The lowest BCUT2D eigenvalue weighted by atomic mass is 10.1. The molecular weight excluding hydrogens is 292 g/mol. The molecule has 0 radical (unpaired) electrons. The molecule has 120 valence electrons. The fourth-order valence-corrected chi connectivity index (χ4v) is 1.91. The highest BCUT2D eigenvalue weighted by Gasteiger charge is 2.22. The van der Waals surface area contributed by atoms with Gasteiger partial charge in [0.05, 0.1) is 24.6 Å². The van der Waals surface area contributed by atoms with E-state index in [9.17, 15) is 19.7 Å². The molecule has 0 bridgehead atoms. The topological polar surface area (TPSA) is 110 Å². The molecule has 1 aromatic carbocycles. The molecule has 0 heterocycles. The summed E-state index contributed by atoms with van der Waals surface area (Å²) in [4.78, 5) is 35.1. The van der Waals surface area contributed by atoms with Crippen molar-refractivity contribution in [2.45, 2.75) is 6.92 Å². The Hall–Kier alpha value is -2.48. The lowest BCUT2D eigenvalue weighted by Crippen LogP contribution is -2.39. The molecule has 1 aromatic rings. The molecule has 0 aliphatic rings. The highest BCUT2D eigenvalue weighted by atomic mass is 16.6. The van der Waals surface area contributed by atoms with Crippen molar-refractivity contribution in [1.29, 1.82) is 0 Å². The summed E-state index contributed by atoms with van der Waals surface area (Å²) in [6.07, 6.45) is 0. The van der Waals surface area contributed by atoms with Gasteiger partial charge >= 0.3 is 5.97 Å². The number of rotatable bonds is 7. The van der Waals surface area contributed by atoms with Gasteiger partial charge in [-0.05, 0) is 12.1 Å². The second kappa shape index (κ2) is 8.08. The largest absolute Gasteiger partial charge is 0.469 e. The number of esters is 1. The average molecular weight is 310 g/mol. The van der Waals surface area contributed by atoms with Gasteiger partial charge in [0, 0.05) is 30.8 Å². The maximum atomic E-state index is 12.4. The maximum Gasteiger partial charge on any atom is 0.310 e. The number of amides is 1. The number of hydrogen-bond acceptors (Lipinski definition) is 6. The SMILES string of the molecule is COC(=O)C(C)CN(CCO)C(=O)c1ccc([N+](=O)[O-])cc1. The van der Waals surface area contributed by atoms with Crippen molar-refractivity contribution in [2.75, 3.05) is 26.8 Å². The standard InChI is InChI=1S/C14H18N2O6/c1-10(14(19)22-2)9-15(7-8-17)13(18)11-3-5-12(6-4-11)16(20)21/h3-6,10,17H,7-9H2,1-2H3. The minimum Gasteiger partial charge on any atom is -0.469 e. The number of non-ortho nitro benzene ring substituents is 1. The number of carbonyl (C=O) groups is 2. The van der Waals surface area contributed by atoms with Crippen molar-refractivity contribution < 1.29 is 24.4 Å². The van der Waals surface area contributed by atoms with E-state index in [0.717, 1.165) is 0 Å². The van der Waals surface area contributed by atoms with Gasteiger partial charge in [-0.3, -0.25) is 19.7 Å². The first-order valence-electron chi connectivity index (χ1n) is 6.63. The van der Waals surface area contributed by atoms with E-state index in [-0.39, 0.29) is 30.9 Å². The quantitative estimate of drug-likeness (QED) is 0.454. The molecule has 22 heavy (non-hydrogen) atoms. The number of methoxy groups -OCH3 is 1. The summed E-state index contributed by atoms with van der Waals surface area (Å²) < 4.78 is 4.60. The Labute approximate surface area is 127 Å². The van der Waals surface area contributed by atoms with E-state index in [0.29, 0.717) is 0 Å². The molecule has 1 amide bonds. The van der Waals surface area contributed by atoms with Gasteiger partial charge in [-0.2, -0.15) is 0 Å². The van der Waals surface area contributed by atoms with Crippen LogP contribution in [0.5, 0.6) is 0 Å². The van der Waals surface area contributed by atoms with Gasteiger partial charge in [0.2, 0.25) is 0 Å². The highest BCUT2D eigenvalue weighted by molar-refractivity contribution is 5.94. The molecule has 8 heteroatoms. The fourth-order valence-electron chi connectivity index (χ4n) is 1.91. The van der Waals surface area contributed by atoms with Gasteiger partial charge in [-0.25, -0.2) is 0 Å². The molecule has 0 aliphatic carbocycles. The molecule has 0 saturated heterocycles. The van der Waals surface area contributed by atoms with E-state index in [4.69, 9.17) is 5.11 Å². The molecule has 1 unspecified atom stereocenters. The zero-order valence-corrected chi connectivity index (χ0v) is 12.4. The lowest BCUT2D eigenvalue weighted by molar-refractivity contribution is -0.384. The van der Waals surface area contributed by atoms with Crippen LogP contribution in [0.3, 0.4) is 0 Å². The van der Waals surface area contributed by atoms with Crippen LogP contribution in [0.1, 0.15) is 17.3 Å².